The minimum Gasteiger partial charge on any atom is -0.490 e. The van der Waals surface area contributed by atoms with E-state index in [0.717, 1.165) is 44.8 Å². The third kappa shape index (κ3) is 5.36. The highest BCUT2D eigenvalue weighted by Crippen LogP contribution is 2.20. The van der Waals surface area contributed by atoms with Crippen LogP contribution in [0, 0.1) is 6.92 Å². The van der Waals surface area contributed by atoms with Crippen molar-refractivity contribution in [2.75, 3.05) is 32.8 Å². The summed E-state index contributed by atoms with van der Waals surface area (Å²) in [6, 6.07) is 8.32. The van der Waals surface area contributed by atoms with E-state index in [0.29, 0.717) is 13.0 Å². The van der Waals surface area contributed by atoms with E-state index in [1.807, 2.05) is 17.0 Å². The summed E-state index contributed by atoms with van der Waals surface area (Å²) in [7, 11) is 0. The number of ether oxygens (including phenoxy) is 2. The number of carbonyl (C=O) groups excluding carboxylic acids is 1. The largest absolute Gasteiger partial charge is 0.490 e. The Morgan fingerprint density at radius 3 is 2.62 bits per heavy atom. The minimum atomic E-state index is 0. The van der Waals surface area contributed by atoms with Crippen LogP contribution in [0.25, 0.3) is 0 Å². The van der Waals surface area contributed by atoms with E-state index >= 15 is 0 Å². The number of morpholine rings is 1. The zero-order valence-corrected chi connectivity index (χ0v) is 15.0. The van der Waals surface area contributed by atoms with E-state index in [1.165, 1.54) is 5.56 Å². The van der Waals surface area contributed by atoms with E-state index < -0.39 is 0 Å². The molecule has 5 nitrogen and oxygen atoms in total. The quantitative estimate of drug-likeness (QED) is 0.900. The second kappa shape index (κ2) is 9.25. The first kappa shape index (κ1) is 19.0. The predicted molar refractivity (Wildman–Crippen MR) is 95.9 cm³/mol. The molecular formula is C18H27ClN2O3. The van der Waals surface area contributed by atoms with Crippen molar-refractivity contribution in [3.63, 3.8) is 0 Å². The van der Waals surface area contributed by atoms with Crippen LogP contribution in [0.2, 0.25) is 0 Å². The summed E-state index contributed by atoms with van der Waals surface area (Å²) in [5.41, 5.74) is 1.23. The van der Waals surface area contributed by atoms with Gasteiger partial charge in [-0.15, -0.1) is 12.4 Å². The minimum absolute atomic E-state index is 0. The molecule has 1 atom stereocenters. The zero-order valence-electron chi connectivity index (χ0n) is 14.2. The second-order valence-electron chi connectivity index (χ2n) is 6.44. The lowest BCUT2D eigenvalue weighted by atomic mass is 10.1. The number of amides is 1. The lowest BCUT2D eigenvalue weighted by molar-refractivity contribution is -0.134. The van der Waals surface area contributed by atoms with Crippen LogP contribution in [0.1, 0.15) is 24.8 Å². The van der Waals surface area contributed by atoms with Gasteiger partial charge in [-0.05, 0) is 19.1 Å². The van der Waals surface area contributed by atoms with Gasteiger partial charge in [0.25, 0.3) is 0 Å². The maximum atomic E-state index is 12.4. The molecule has 6 heteroatoms. The number of likely N-dealkylation sites (tertiary alicyclic amines) is 1. The van der Waals surface area contributed by atoms with Crippen LogP contribution in [0.5, 0.6) is 5.75 Å². The van der Waals surface area contributed by atoms with Gasteiger partial charge in [-0.3, -0.25) is 4.79 Å². The van der Waals surface area contributed by atoms with Gasteiger partial charge in [-0.1, -0.05) is 17.7 Å². The van der Waals surface area contributed by atoms with Crippen molar-refractivity contribution in [3.05, 3.63) is 29.8 Å². The highest BCUT2D eigenvalue weighted by Gasteiger charge is 2.26. The molecule has 134 valence electrons. The molecule has 2 aliphatic heterocycles. The molecule has 1 aromatic rings. The molecule has 2 heterocycles. The van der Waals surface area contributed by atoms with Crippen LogP contribution in [0.3, 0.4) is 0 Å². The molecule has 0 spiro atoms. The van der Waals surface area contributed by atoms with Crippen molar-refractivity contribution < 1.29 is 14.3 Å². The third-order valence-electron chi connectivity index (χ3n) is 4.54. The highest BCUT2D eigenvalue weighted by atomic mass is 35.5. The molecule has 0 radical (unpaired) electrons. The fraction of sp³-hybridized carbons (Fsp3) is 0.611. The van der Waals surface area contributed by atoms with Gasteiger partial charge in [0.2, 0.25) is 5.91 Å². The Hall–Kier alpha value is -1.30. The van der Waals surface area contributed by atoms with Crippen LogP contribution in [0.15, 0.2) is 24.3 Å². The number of nitrogens with one attached hydrogen (secondary N) is 1. The standard InChI is InChI=1S/C18H26N2O3.ClH/c1-14-2-4-16(5-3-14)23-17-6-9-20(10-7-17)18(21)12-15-13-22-11-8-19-15;/h2-5,15,17,19H,6-13H2,1H3;1H. The van der Waals surface area contributed by atoms with E-state index in [4.69, 9.17) is 9.47 Å². The summed E-state index contributed by atoms with van der Waals surface area (Å²) in [6.45, 7) is 5.85. The van der Waals surface area contributed by atoms with Gasteiger partial charge in [0.05, 0.1) is 13.2 Å². The molecule has 1 amide bonds. The van der Waals surface area contributed by atoms with Crippen molar-refractivity contribution in [1.82, 2.24) is 10.2 Å². The monoisotopic (exact) mass is 354 g/mol. The second-order valence-corrected chi connectivity index (χ2v) is 6.44. The zero-order chi connectivity index (χ0) is 16.1. The normalized spacial score (nSPS) is 21.9. The summed E-state index contributed by atoms with van der Waals surface area (Å²) in [4.78, 5) is 14.3. The first-order chi connectivity index (χ1) is 11.2. The van der Waals surface area contributed by atoms with Gasteiger partial charge < -0.3 is 19.7 Å². The third-order valence-corrected chi connectivity index (χ3v) is 4.54. The van der Waals surface area contributed by atoms with Gasteiger partial charge in [0.15, 0.2) is 0 Å². The summed E-state index contributed by atoms with van der Waals surface area (Å²) >= 11 is 0. The maximum absolute atomic E-state index is 12.4. The molecule has 3 rings (SSSR count). The number of rotatable bonds is 4. The first-order valence-corrected chi connectivity index (χ1v) is 8.53. The molecule has 1 unspecified atom stereocenters. The van der Waals surface area contributed by atoms with E-state index in [1.54, 1.807) is 0 Å². The van der Waals surface area contributed by atoms with Gasteiger partial charge in [0.1, 0.15) is 11.9 Å². The fourth-order valence-corrected chi connectivity index (χ4v) is 3.12. The Morgan fingerprint density at radius 1 is 1.29 bits per heavy atom. The number of halogens is 1. The summed E-state index contributed by atoms with van der Waals surface area (Å²) < 4.78 is 11.4. The van der Waals surface area contributed by atoms with E-state index in [2.05, 4.69) is 24.4 Å². The van der Waals surface area contributed by atoms with Crippen molar-refractivity contribution >= 4 is 18.3 Å². The molecule has 1 aromatic carbocycles. The molecular weight excluding hydrogens is 328 g/mol. The average molecular weight is 355 g/mol. The van der Waals surface area contributed by atoms with Crippen molar-refractivity contribution in [1.29, 1.82) is 0 Å². The number of nitrogens with zero attached hydrogens (tertiary/aromatic N) is 1. The Bertz CT molecular complexity index is 510. The lowest BCUT2D eigenvalue weighted by Gasteiger charge is -2.33. The van der Waals surface area contributed by atoms with Gasteiger partial charge in [0, 0.05) is 44.9 Å². The summed E-state index contributed by atoms with van der Waals surface area (Å²) in [5, 5.41) is 3.34. The molecule has 2 saturated heterocycles. The molecule has 2 fully saturated rings. The number of benzene rings is 1. The average Bonchev–Trinajstić information content (AvgIpc) is 2.58. The van der Waals surface area contributed by atoms with Gasteiger partial charge in [-0.2, -0.15) is 0 Å². The number of carbonyl (C=O) groups is 1. The number of hydrogen-bond donors (Lipinski definition) is 1. The Kier molecular flexibility index (Phi) is 7.34. The Morgan fingerprint density at radius 2 is 2.00 bits per heavy atom. The van der Waals surface area contributed by atoms with Crippen LogP contribution in [-0.2, 0) is 9.53 Å². The number of piperidine rings is 1. The first-order valence-electron chi connectivity index (χ1n) is 8.53. The van der Waals surface area contributed by atoms with Crippen molar-refractivity contribution in [3.8, 4) is 5.75 Å². The molecule has 0 saturated carbocycles. The lowest BCUT2D eigenvalue weighted by Crippen LogP contribution is -2.47. The number of aryl methyl sites for hydroxylation is 1. The van der Waals surface area contributed by atoms with Crippen LogP contribution in [-0.4, -0.2) is 55.8 Å². The smallest absolute Gasteiger partial charge is 0.224 e. The van der Waals surface area contributed by atoms with Crippen molar-refractivity contribution in [2.45, 2.75) is 38.3 Å². The van der Waals surface area contributed by atoms with Crippen LogP contribution < -0.4 is 10.1 Å². The molecule has 0 aromatic heterocycles. The molecule has 0 aliphatic carbocycles. The SMILES string of the molecule is Cc1ccc(OC2CCN(C(=O)CC3COCCN3)CC2)cc1.Cl. The van der Waals surface area contributed by atoms with Crippen LogP contribution in [0.4, 0.5) is 0 Å². The fourth-order valence-electron chi connectivity index (χ4n) is 3.12. The molecule has 24 heavy (non-hydrogen) atoms. The van der Waals surface area contributed by atoms with Crippen molar-refractivity contribution in [2.24, 2.45) is 0 Å². The topological polar surface area (TPSA) is 50.8 Å². The molecule has 0 bridgehead atoms. The Balaban J connectivity index is 0.00000208. The molecule has 1 N–H and O–H groups in total. The van der Waals surface area contributed by atoms with Gasteiger partial charge >= 0.3 is 0 Å². The molecule has 2 aliphatic rings. The maximum Gasteiger partial charge on any atom is 0.224 e. The summed E-state index contributed by atoms with van der Waals surface area (Å²) in [5.74, 6) is 1.14. The Labute approximate surface area is 150 Å². The van der Waals surface area contributed by atoms with Crippen LogP contribution >= 0.6 is 12.4 Å². The predicted octanol–water partition coefficient (Wildman–Crippen LogP) is 2.17. The van der Waals surface area contributed by atoms with Gasteiger partial charge in [-0.25, -0.2) is 0 Å². The summed E-state index contributed by atoms with van der Waals surface area (Å²) in [6.07, 6.45) is 2.53. The van der Waals surface area contributed by atoms with E-state index in [9.17, 15) is 4.79 Å². The highest BCUT2D eigenvalue weighted by molar-refractivity contribution is 5.85. The number of hydrogen-bond acceptors (Lipinski definition) is 4. The van der Waals surface area contributed by atoms with E-state index in [-0.39, 0.29) is 30.5 Å².